The Labute approximate surface area is 153 Å². The second-order valence-electron chi connectivity index (χ2n) is 7.30. The van der Waals surface area contributed by atoms with Crippen molar-refractivity contribution in [3.8, 4) is 5.88 Å². The van der Waals surface area contributed by atoms with Gasteiger partial charge in [0.25, 0.3) is 5.62 Å². The van der Waals surface area contributed by atoms with Crippen molar-refractivity contribution >= 4 is 17.7 Å². The van der Waals surface area contributed by atoms with Gasteiger partial charge in [0.1, 0.15) is 5.69 Å². The molecule has 2 aliphatic carbocycles. The van der Waals surface area contributed by atoms with Gasteiger partial charge < -0.3 is 15.4 Å². The first-order chi connectivity index (χ1) is 13.1. The molecular weight excluding hydrogens is 348 g/mol. The highest BCUT2D eigenvalue weighted by molar-refractivity contribution is 5.57. The van der Waals surface area contributed by atoms with E-state index in [1.54, 1.807) is 16.8 Å². The molecule has 0 aromatic carbocycles. The molecule has 2 fully saturated rings. The quantitative estimate of drug-likeness (QED) is 0.487. The molecule has 0 saturated heterocycles. The van der Waals surface area contributed by atoms with E-state index in [4.69, 9.17) is 0 Å². The van der Waals surface area contributed by atoms with Crippen molar-refractivity contribution in [1.29, 1.82) is 0 Å². The van der Waals surface area contributed by atoms with Crippen LogP contribution in [0.2, 0.25) is 0 Å². The fourth-order valence-corrected chi connectivity index (χ4v) is 3.06. The molecule has 0 spiro atoms. The third-order valence-electron chi connectivity index (χ3n) is 4.94. The molecule has 3 aromatic rings. The zero-order valence-electron chi connectivity index (χ0n) is 14.8. The molecule has 140 valence electrons. The fraction of sp³-hybridized carbons (Fsp3) is 0.471. The maximum Gasteiger partial charge on any atom is 0.326 e. The summed E-state index contributed by atoms with van der Waals surface area (Å²) >= 11 is 0. The lowest BCUT2D eigenvalue weighted by atomic mass is 10.2. The monoisotopic (exact) mass is 368 g/mol. The highest BCUT2D eigenvalue weighted by atomic mass is 16.3. The summed E-state index contributed by atoms with van der Waals surface area (Å²) in [5.41, 5.74) is 0.876. The first-order valence-electron chi connectivity index (χ1n) is 9.16. The van der Waals surface area contributed by atoms with Gasteiger partial charge in [0.05, 0.1) is 12.2 Å². The predicted octanol–water partition coefficient (Wildman–Crippen LogP) is -0.333. The highest BCUT2D eigenvalue weighted by Gasteiger charge is 2.28. The number of nitrogens with zero attached hydrogens (tertiary/aromatic N) is 5. The van der Waals surface area contributed by atoms with Crippen molar-refractivity contribution in [2.45, 2.75) is 44.7 Å². The van der Waals surface area contributed by atoms with Gasteiger partial charge in [-0.05, 0) is 44.6 Å². The minimum atomic E-state index is -0.477. The summed E-state index contributed by atoms with van der Waals surface area (Å²) in [5.74, 6) is 0.951. The summed E-state index contributed by atoms with van der Waals surface area (Å²) in [6, 6.07) is 0.583. The molecule has 0 radical (unpaired) electrons. The number of anilines is 1. The lowest BCUT2D eigenvalue weighted by Gasteiger charge is -2.12. The molecule has 0 unspecified atom stereocenters. The molecular formula is C17H20N8O2. The van der Waals surface area contributed by atoms with E-state index in [0.29, 0.717) is 40.4 Å². The van der Waals surface area contributed by atoms with Gasteiger partial charge in [-0.2, -0.15) is 19.6 Å². The molecule has 27 heavy (non-hydrogen) atoms. The van der Waals surface area contributed by atoms with Crippen LogP contribution in [0.1, 0.15) is 38.3 Å². The van der Waals surface area contributed by atoms with E-state index in [-0.39, 0.29) is 11.6 Å². The van der Waals surface area contributed by atoms with Gasteiger partial charge in [0.2, 0.25) is 11.8 Å². The SMILES string of the molecule is C[C@H](Nc1nc(=NC2CC2)n2nc/c(=C\c3[nH]c(=O)[nH]c3O)c2n1)C1CC1. The number of aromatic amines is 2. The summed E-state index contributed by atoms with van der Waals surface area (Å²) in [5, 5.41) is 18.2. The number of rotatable bonds is 5. The first kappa shape index (κ1) is 16.0. The van der Waals surface area contributed by atoms with Crippen molar-refractivity contribution in [3.05, 3.63) is 33.2 Å². The maximum absolute atomic E-state index is 11.4. The zero-order chi connectivity index (χ0) is 18.5. The number of hydrogen-bond donors (Lipinski definition) is 4. The van der Waals surface area contributed by atoms with Gasteiger partial charge in [0.15, 0.2) is 5.65 Å². The van der Waals surface area contributed by atoms with Crippen molar-refractivity contribution in [1.82, 2.24) is 29.5 Å². The van der Waals surface area contributed by atoms with E-state index >= 15 is 0 Å². The second-order valence-corrected chi connectivity index (χ2v) is 7.30. The third-order valence-corrected chi connectivity index (χ3v) is 4.94. The Morgan fingerprint density at radius 2 is 2.15 bits per heavy atom. The largest absolute Gasteiger partial charge is 0.493 e. The molecule has 3 aromatic heterocycles. The van der Waals surface area contributed by atoms with Crippen LogP contribution >= 0.6 is 0 Å². The van der Waals surface area contributed by atoms with Crippen molar-refractivity contribution in [2.24, 2.45) is 10.9 Å². The van der Waals surface area contributed by atoms with E-state index < -0.39 is 5.69 Å². The van der Waals surface area contributed by atoms with Gasteiger partial charge in [-0.3, -0.25) is 4.98 Å². The topological polar surface area (TPSA) is 136 Å². The number of H-pyrrole nitrogens is 2. The van der Waals surface area contributed by atoms with Crippen LogP contribution in [0.4, 0.5) is 5.95 Å². The van der Waals surface area contributed by atoms with Crippen LogP contribution in [-0.4, -0.2) is 46.7 Å². The summed E-state index contributed by atoms with van der Waals surface area (Å²) < 4.78 is 1.60. The molecule has 3 heterocycles. The molecule has 10 nitrogen and oxygen atoms in total. The Morgan fingerprint density at radius 1 is 1.33 bits per heavy atom. The number of fused-ring (bicyclic) bond motifs is 1. The first-order valence-corrected chi connectivity index (χ1v) is 9.16. The molecule has 0 aliphatic heterocycles. The summed E-state index contributed by atoms with van der Waals surface area (Å²) in [6.45, 7) is 2.13. The molecule has 5 rings (SSSR count). The van der Waals surface area contributed by atoms with Crippen LogP contribution in [0.25, 0.3) is 11.7 Å². The molecule has 10 heteroatoms. The number of imidazole rings is 1. The van der Waals surface area contributed by atoms with E-state index in [0.717, 1.165) is 12.8 Å². The van der Waals surface area contributed by atoms with Crippen LogP contribution in [-0.2, 0) is 0 Å². The molecule has 2 aliphatic rings. The van der Waals surface area contributed by atoms with E-state index in [1.165, 1.54) is 12.8 Å². The second kappa shape index (κ2) is 5.93. The third kappa shape index (κ3) is 3.18. The van der Waals surface area contributed by atoms with Gasteiger partial charge in [0, 0.05) is 11.3 Å². The van der Waals surface area contributed by atoms with Crippen molar-refractivity contribution in [2.75, 3.05) is 5.32 Å². The Morgan fingerprint density at radius 3 is 2.81 bits per heavy atom. The average Bonchev–Trinajstić information content (AvgIpc) is 3.53. The predicted molar refractivity (Wildman–Crippen MR) is 97.0 cm³/mol. The maximum atomic E-state index is 11.4. The summed E-state index contributed by atoms with van der Waals surface area (Å²) in [7, 11) is 0. The van der Waals surface area contributed by atoms with Gasteiger partial charge >= 0.3 is 5.69 Å². The Kier molecular flexibility index (Phi) is 3.52. The van der Waals surface area contributed by atoms with Crippen LogP contribution in [0.3, 0.4) is 0 Å². The van der Waals surface area contributed by atoms with Crippen LogP contribution in [0.15, 0.2) is 16.0 Å². The van der Waals surface area contributed by atoms with Crippen molar-refractivity contribution in [3.63, 3.8) is 0 Å². The van der Waals surface area contributed by atoms with Crippen molar-refractivity contribution < 1.29 is 5.11 Å². The molecule has 0 bridgehead atoms. The van der Waals surface area contributed by atoms with Gasteiger partial charge in [-0.15, -0.1) is 0 Å². The molecule has 0 amide bonds. The Hall–Kier alpha value is -3.17. The van der Waals surface area contributed by atoms with E-state index in [9.17, 15) is 9.90 Å². The Bertz CT molecular complexity index is 1180. The normalized spacial score (nSPS) is 19.7. The number of hydrogen-bond acceptors (Lipinski definition) is 7. The number of aromatic nitrogens is 6. The number of aromatic hydroxyl groups is 1. The minimum absolute atomic E-state index is 0.225. The van der Waals surface area contributed by atoms with Gasteiger partial charge in [-0.1, -0.05) is 0 Å². The van der Waals surface area contributed by atoms with Gasteiger partial charge in [-0.25, -0.2) is 9.79 Å². The van der Waals surface area contributed by atoms with Crippen LogP contribution < -0.4 is 21.8 Å². The van der Waals surface area contributed by atoms with E-state index in [1.807, 2.05) is 0 Å². The smallest absolute Gasteiger partial charge is 0.326 e. The summed E-state index contributed by atoms with van der Waals surface area (Å²) in [4.78, 5) is 30.0. The lowest BCUT2D eigenvalue weighted by Crippen LogP contribution is -2.27. The van der Waals surface area contributed by atoms with Crippen LogP contribution in [0.5, 0.6) is 5.88 Å². The standard InChI is InChI=1S/C17H20N8O2/c1-8(9-2-3-9)19-15-22-13-10(6-12-14(26)23-17(27)21-12)7-18-25(13)16(24-15)20-11-4-5-11/h6-9,11,26H,2-5H2,1H3,(H,19,20,24)(H2,21,23,27)/b10-6+/t8-/m0/s1. The summed E-state index contributed by atoms with van der Waals surface area (Å²) in [6.07, 6.45) is 7.81. The molecule has 1 atom stereocenters. The molecule has 2 saturated carbocycles. The zero-order valence-corrected chi connectivity index (χ0v) is 14.8. The average molecular weight is 368 g/mol. The number of nitrogens with one attached hydrogen (secondary N) is 3. The minimum Gasteiger partial charge on any atom is -0.493 e. The lowest BCUT2D eigenvalue weighted by molar-refractivity contribution is 0.454. The highest BCUT2D eigenvalue weighted by Crippen LogP contribution is 2.33. The van der Waals surface area contributed by atoms with E-state index in [2.05, 4.69) is 42.3 Å². The Balaban J connectivity index is 1.66. The molecule has 4 N–H and O–H groups in total. The fourth-order valence-electron chi connectivity index (χ4n) is 3.06. The van der Waals surface area contributed by atoms with Crippen LogP contribution in [0, 0.1) is 5.92 Å².